The van der Waals surface area contributed by atoms with Crippen LogP contribution < -0.4 is 0 Å². The van der Waals surface area contributed by atoms with Crippen LogP contribution in [0.1, 0.15) is 21.7 Å². The van der Waals surface area contributed by atoms with Crippen molar-refractivity contribution in [3.63, 3.8) is 0 Å². The Bertz CT molecular complexity index is 775. The Hall–Kier alpha value is -2.89. The predicted octanol–water partition coefficient (Wildman–Crippen LogP) is 2.16. The summed E-state index contributed by atoms with van der Waals surface area (Å²) in [5.74, 6) is -0.743. The molecule has 0 aliphatic carbocycles. The van der Waals surface area contributed by atoms with Crippen LogP contribution in [0.4, 0.5) is 13.2 Å². The van der Waals surface area contributed by atoms with Gasteiger partial charge in [-0.05, 0) is 12.1 Å². The number of rotatable bonds is 2. The molecule has 0 atom stereocenters. The lowest BCUT2D eigenvalue weighted by Crippen LogP contribution is -2.10. The van der Waals surface area contributed by atoms with E-state index < -0.39 is 17.8 Å². The molecule has 0 spiro atoms. The highest BCUT2D eigenvalue weighted by atomic mass is 19.4. The molecule has 114 valence electrons. The van der Waals surface area contributed by atoms with E-state index in [-0.39, 0.29) is 22.6 Å². The van der Waals surface area contributed by atoms with Crippen molar-refractivity contribution in [2.75, 3.05) is 7.11 Å². The van der Waals surface area contributed by atoms with E-state index in [9.17, 15) is 18.0 Å². The van der Waals surface area contributed by atoms with E-state index >= 15 is 0 Å². The standard InChI is InChI=1S/C13H9F3N4O2/c1-20-9(5-8(19-20)12(21)22-2)11-7(6-17)3-4-10(18-11)13(14,15)16/h3-5H,1-2H3. The zero-order valence-corrected chi connectivity index (χ0v) is 11.5. The Balaban J connectivity index is 2.63. The number of carbonyl (C=O) groups excluding carboxylic acids is 1. The fourth-order valence-corrected chi connectivity index (χ4v) is 1.80. The highest BCUT2D eigenvalue weighted by Gasteiger charge is 2.33. The molecule has 22 heavy (non-hydrogen) atoms. The maximum absolute atomic E-state index is 12.8. The Labute approximate surface area is 122 Å². The summed E-state index contributed by atoms with van der Waals surface area (Å²) in [6.45, 7) is 0. The molecule has 6 nitrogen and oxygen atoms in total. The second-order valence-corrected chi connectivity index (χ2v) is 4.23. The van der Waals surface area contributed by atoms with Crippen molar-refractivity contribution >= 4 is 5.97 Å². The minimum Gasteiger partial charge on any atom is -0.464 e. The number of ether oxygens (including phenoxy) is 1. The van der Waals surface area contributed by atoms with Gasteiger partial charge in [0.05, 0.1) is 18.4 Å². The molecule has 2 aromatic rings. The monoisotopic (exact) mass is 310 g/mol. The highest BCUT2D eigenvalue weighted by molar-refractivity contribution is 5.88. The lowest BCUT2D eigenvalue weighted by Gasteiger charge is -2.09. The summed E-state index contributed by atoms with van der Waals surface area (Å²) in [7, 11) is 2.57. The number of methoxy groups -OCH3 is 1. The van der Waals surface area contributed by atoms with Gasteiger partial charge in [-0.15, -0.1) is 0 Å². The van der Waals surface area contributed by atoms with Crippen molar-refractivity contribution in [1.29, 1.82) is 5.26 Å². The number of pyridine rings is 1. The van der Waals surface area contributed by atoms with Crippen LogP contribution in [-0.4, -0.2) is 27.8 Å². The van der Waals surface area contributed by atoms with Crippen LogP contribution in [0.3, 0.4) is 0 Å². The number of alkyl halides is 3. The number of carbonyl (C=O) groups is 1. The fraction of sp³-hybridized carbons (Fsp3) is 0.231. The van der Waals surface area contributed by atoms with Gasteiger partial charge in [0.1, 0.15) is 17.5 Å². The van der Waals surface area contributed by atoms with Gasteiger partial charge >= 0.3 is 12.1 Å². The van der Waals surface area contributed by atoms with E-state index in [0.717, 1.165) is 23.9 Å². The normalized spacial score (nSPS) is 11.1. The maximum atomic E-state index is 12.8. The van der Waals surface area contributed by atoms with Crippen molar-refractivity contribution in [2.24, 2.45) is 7.05 Å². The molecule has 0 fully saturated rings. The van der Waals surface area contributed by atoms with Crippen LogP contribution >= 0.6 is 0 Å². The molecule has 2 heterocycles. The smallest absolute Gasteiger partial charge is 0.433 e. The molecule has 0 N–H and O–H groups in total. The summed E-state index contributed by atoms with van der Waals surface area (Å²) < 4.78 is 44.0. The second kappa shape index (κ2) is 5.48. The average Bonchev–Trinajstić information content (AvgIpc) is 2.86. The van der Waals surface area contributed by atoms with Crippen LogP contribution in [-0.2, 0) is 18.0 Å². The summed E-state index contributed by atoms with van der Waals surface area (Å²) in [5.41, 5.74) is -1.40. The first-order valence-electron chi connectivity index (χ1n) is 5.89. The number of esters is 1. The molecule has 9 heteroatoms. The molecule has 0 bridgehead atoms. The number of aryl methyl sites for hydroxylation is 1. The molecular weight excluding hydrogens is 301 g/mol. The molecule has 0 saturated heterocycles. The Morgan fingerprint density at radius 3 is 2.64 bits per heavy atom. The van der Waals surface area contributed by atoms with Gasteiger partial charge in [-0.1, -0.05) is 0 Å². The quantitative estimate of drug-likeness (QED) is 0.794. The molecule has 0 amide bonds. The van der Waals surface area contributed by atoms with Gasteiger partial charge in [0.25, 0.3) is 0 Å². The van der Waals surface area contributed by atoms with Gasteiger partial charge in [-0.2, -0.15) is 23.5 Å². The van der Waals surface area contributed by atoms with Crippen LogP contribution in [0.25, 0.3) is 11.4 Å². The van der Waals surface area contributed by atoms with Crippen molar-refractivity contribution in [1.82, 2.24) is 14.8 Å². The topological polar surface area (TPSA) is 80.8 Å². The molecule has 0 aromatic carbocycles. The lowest BCUT2D eigenvalue weighted by molar-refractivity contribution is -0.141. The zero-order chi connectivity index (χ0) is 16.5. The van der Waals surface area contributed by atoms with E-state index in [1.807, 2.05) is 0 Å². The molecule has 0 aliphatic heterocycles. The summed E-state index contributed by atoms with van der Waals surface area (Å²) in [4.78, 5) is 14.9. The summed E-state index contributed by atoms with van der Waals surface area (Å²) in [6, 6.07) is 4.73. The van der Waals surface area contributed by atoms with Crippen LogP contribution in [0.2, 0.25) is 0 Å². The molecule has 2 aromatic heterocycles. The molecule has 2 rings (SSSR count). The number of nitrogens with zero attached hydrogens (tertiary/aromatic N) is 4. The van der Waals surface area contributed by atoms with Crippen molar-refractivity contribution < 1.29 is 22.7 Å². The first kappa shape index (κ1) is 15.5. The number of halogens is 3. The molecular formula is C13H9F3N4O2. The maximum Gasteiger partial charge on any atom is 0.433 e. The molecule has 0 saturated carbocycles. The van der Waals surface area contributed by atoms with Gasteiger partial charge < -0.3 is 4.74 Å². The lowest BCUT2D eigenvalue weighted by atomic mass is 10.1. The van der Waals surface area contributed by atoms with Crippen LogP contribution in [0.5, 0.6) is 0 Å². The largest absolute Gasteiger partial charge is 0.464 e. The number of hydrogen-bond donors (Lipinski definition) is 0. The van der Waals surface area contributed by atoms with E-state index in [4.69, 9.17) is 5.26 Å². The SMILES string of the molecule is COC(=O)c1cc(-c2nc(C(F)(F)F)ccc2C#N)n(C)n1. The summed E-state index contributed by atoms with van der Waals surface area (Å²) in [6.07, 6.45) is -4.65. The van der Waals surface area contributed by atoms with E-state index in [0.29, 0.717) is 0 Å². The third-order valence-electron chi connectivity index (χ3n) is 2.82. The highest BCUT2D eigenvalue weighted by Crippen LogP contribution is 2.31. The third-order valence-corrected chi connectivity index (χ3v) is 2.82. The van der Waals surface area contributed by atoms with Crippen molar-refractivity contribution in [3.8, 4) is 17.5 Å². The first-order valence-corrected chi connectivity index (χ1v) is 5.89. The van der Waals surface area contributed by atoms with E-state index in [1.165, 1.54) is 13.1 Å². The molecule has 0 radical (unpaired) electrons. The number of aromatic nitrogens is 3. The van der Waals surface area contributed by atoms with Gasteiger partial charge in [-0.3, -0.25) is 4.68 Å². The summed E-state index contributed by atoms with van der Waals surface area (Å²) in [5, 5.41) is 12.9. The van der Waals surface area contributed by atoms with Gasteiger partial charge in [0, 0.05) is 13.1 Å². The van der Waals surface area contributed by atoms with Crippen molar-refractivity contribution in [2.45, 2.75) is 6.18 Å². The van der Waals surface area contributed by atoms with Crippen molar-refractivity contribution in [3.05, 3.63) is 35.2 Å². The molecule has 0 aliphatic rings. The minimum atomic E-state index is -4.65. The third kappa shape index (κ3) is 2.76. The fourth-order valence-electron chi connectivity index (χ4n) is 1.80. The second-order valence-electron chi connectivity index (χ2n) is 4.23. The average molecular weight is 310 g/mol. The predicted molar refractivity (Wildman–Crippen MR) is 67.5 cm³/mol. The Morgan fingerprint density at radius 1 is 1.41 bits per heavy atom. The molecule has 0 unspecified atom stereocenters. The Morgan fingerprint density at radius 2 is 2.09 bits per heavy atom. The number of hydrogen-bond acceptors (Lipinski definition) is 5. The van der Waals surface area contributed by atoms with Crippen LogP contribution in [0, 0.1) is 11.3 Å². The Kier molecular flexibility index (Phi) is 3.86. The zero-order valence-electron chi connectivity index (χ0n) is 11.5. The minimum absolute atomic E-state index is 0.0626. The van der Waals surface area contributed by atoms with Gasteiger partial charge in [-0.25, -0.2) is 9.78 Å². The van der Waals surface area contributed by atoms with Gasteiger partial charge in [0.2, 0.25) is 0 Å². The number of nitriles is 1. The van der Waals surface area contributed by atoms with E-state index in [2.05, 4.69) is 14.8 Å². The van der Waals surface area contributed by atoms with E-state index in [1.54, 1.807) is 6.07 Å². The van der Waals surface area contributed by atoms with Crippen LogP contribution in [0.15, 0.2) is 18.2 Å². The first-order chi connectivity index (χ1) is 10.3. The summed E-state index contributed by atoms with van der Waals surface area (Å²) >= 11 is 0. The van der Waals surface area contributed by atoms with Gasteiger partial charge in [0.15, 0.2) is 5.69 Å².